The van der Waals surface area contributed by atoms with Crippen molar-refractivity contribution in [3.05, 3.63) is 65.8 Å². The molecule has 2 amide bonds. The molecule has 1 atom stereocenters. The Morgan fingerprint density at radius 3 is 2.79 bits per heavy atom. The predicted octanol–water partition coefficient (Wildman–Crippen LogP) is 3.53. The fourth-order valence-corrected chi connectivity index (χ4v) is 3.72. The van der Waals surface area contributed by atoms with E-state index in [-0.39, 0.29) is 17.7 Å². The van der Waals surface area contributed by atoms with Crippen molar-refractivity contribution in [2.45, 2.75) is 19.8 Å². The molecule has 3 aromatic rings. The third-order valence-corrected chi connectivity index (χ3v) is 5.23. The van der Waals surface area contributed by atoms with Gasteiger partial charge in [0.2, 0.25) is 0 Å². The molecule has 0 aliphatic carbocycles. The number of benzene rings is 1. The number of piperidine rings is 1. The fraction of sp³-hybridized carbons (Fsp3) is 0.318. The number of carbonyl (C=O) groups is 2. The average molecular weight is 393 g/mol. The van der Waals surface area contributed by atoms with Gasteiger partial charge >= 0.3 is 0 Å². The van der Waals surface area contributed by atoms with E-state index in [0.29, 0.717) is 42.4 Å². The Hall–Kier alpha value is -3.35. The van der Waals surface area contributed by atoms with Crippen molar-refractivity contribution < 1.29 is 18.5 Å². The van der Waals surface area contributed by atoms with Gasteiger partial charge in [-0.05, 0) is 37.8 Å². The summed E-state index contributed by atoms with van der Waals surface area (Å²) in [5.74, 6) is 0.680. The zero-order valence-electron chi connectivity index (χ0n) is 16.3. The molecule has 0 spiro atoms. The summed E-state index contributed by atoms with van der Waals surface area (Å²) in [6, 6.07) is 12.9. The second-order valence-electron chi connectivity index (χ2n) is 7.28. The van der Waals surface area contributed by atoms with Crippen LogP contribution in [-0.4, -0.2) is 41.5 Å². The van der Waals surface area contributed by atoms with Gasteiger partial charge in [0.05, 0.1) is 6.26 Å². The lowest BCUT2D eigenvalue weighted by molar-refractivity contribution is 0.0669. The third kappa shape index (κ3) is 4.08. The van der Waals surface area contributed by atoms with Crippen molar-refractivity contribution in [2.75, 3.05) is 19.6 Å². The molecule has 1 N–H and O–H groups in total. The van der Waals surface area contributed by atoms with Gasteiger partial charge in [0, 0.05) is 25.2 Å². The lowest BCUT2D eigenvalue weighted by atomic mass is 9.96. The zero-order chi connectivity index (χ0) is 20.2. The Morgan fingerprint density at radius 1 is 1.21 bits per heavy atom. The van der Waals surface area contributed by atoms with Gasteiger partial charge in [-0.3, -0.25) is 9.59 Å². The molecule has 1 aliphatic rings. The Morgan fingerprint density at radius 2 is 2.03 bits per heavy atom. The van der Waals surface area contributed by atoms with E-state index in [2.05, 4.69) is 10.5 Å². The van der Waals surface area contributed by atoms with Crippen molar-refractivity contribution in [2.24, 2.45) is 5.92 Å². The maximum atomic E-state index is 13.3. The van der Waals surface area contributed by atoms with Gasteiger partial charge in [0.1, 0.15) is 17.0 Å². The Kier molecular flexibility index (Phi) is 5.46. The second-order valence-corrected chi connectivity index (χ2v) is 7.28. The number of amides is 2. The molecule has 4 rings (SSSR count). The van der Waals surface area contributed by atoms with E-state index in [4.69, 9.17) is 8.94 Å². The molecule has 1 fully saturated rings. The molecule has 1 saturated heterocycles. The third-order valence-electron chi connectivity index (χ3n) is 5.23. The van der Waals surface area contributed by atoms with Crippen LogP contribution in [0.2, 0.25) is 0 Å². The fourth-order valence-electron chi connectivity index (χ4n) is 3.72. The maximum absolute atomic E-state index is 13.3. The van der Waals surface area contributed by atoms with Crippen LogP contribution in [0, 0.1) is 12.8 Å². The zero-order valence-corrected chi connectivity index (χ0v) is 16.3. The van der Waals surface area contributed by atoms with Gasteiger partial charge in [0.25, 0.3) is 11.8 Å². The van der Waals surface area contributed by atoms with E-state index in [9.17, 15) is 9.59 Å². The lowest BCUT2D eigenvalue weighted by Crippen LogP contribution is -2.43. The van der Waals surface area contributed by atoms with E-state index in [0.717, 1.165) is 18.4 Å². The van der Waals surface area contributed by atoms with Gasteiger partial charge in [0.15, 0.2) is 5.76 Å². The standard InChI is InChI=1S/C22H23N3O4/c1-15-19(20(24-29-15)17-8-3-2-4-9-17)22(27)25-11-5-7-16(14-25)13-23-21(26)18-10-6-12-28-18/h2-4,6,8-10,12,16H,5,7,11,13-14H2,1H3,(H,23,26). The highest BCUT2D eigenvalue weighted by atomic mass is 16.5. The molecule has 7 heteroatoms. The molecule has 1 aliphatic heterocycles. The lowest BCUT2D eigenvalue weighted by Gasteiger charge is -2.32. The number of carbonyl (C=O) groups excluding carboxylic acids is 2. The number of aromatic nitrogens is 1. The molecule has 29 heavy (non-hydrogen) atoms. The van der Waals surface area contributed by atoms with Crippen LogP contribution < -0.4 is 5.32 Å². The highest BCUT2D eigenvalue weighted by molar-refractivity contribution is 6.00. The van der Waals surface area contributed by atoms with Crippen LogP contribution in [0.25, 0.3) is 11.3 Å². The van der Waals surface area contributed by atoms with Crippen LogP contribution >= 0.6 is 0 Å². The number of hydrogen-bond donors (Lipinski definition) is 1. The van der Waals surface area contributed by atoms with E-state index in [1.807, 2.05) is 35.2 Å². The van der Waals surface area contributed by atoms with Crippen molar-refractivity contribution >= 4 is 11.8 Å². The minimum absolute atomic E-state index is 0.0790. The number of aryl methyl sites for hydroxylation is 1. The highest BCUT2D eigenvalue weighted by Gasteiger charge is 2.30. The van der Waals surface area contributed by atoms with Crippen molar-refractivity contribution in [3.63, 3.8) is 0 Å². The van der Waals surface area contributed by atoms with E-state index >= 15 is 0 Å². The quantitative estimate of drug-likeness (QED) is 0.716. The maximum Gasteiger partial charge on any atom is 0.286 e. The van der Waals surface area contributed by atoms with Crippen LogP contribution in [0.4, 0.5) is 0 Å². The second kappa shape index (κ2) is 8.34. The number of furan rings is 1. The normalized spacial score (nSPS) is 16.6. The summed E-state index contributed by atoms with van der Waals surface area (Å²) in [4.78, 5) is 27.2. The number of nitrogens with zero attached hydrogens (tertiary/aromatic N) is 2. The van der Waals surface area contributed by atoms with Crippen molar-refractivity contribution in [3.8, 4) is 11.3 Å². The van der Waals surface area contributed by atoms with Gasteiger partial charge < -0.3 is 19.2 Å². The molecular weight excluding hydrogens is 370 g/mol. The van der Waals surface area contributed by atoms with Crippen LogP contribution in [0.1, 0.15) is 39.5 Å². The monoisotopic (exact) mass is 393 g/mol. The summed E-state index contributed by atoms with van der Waals surface area (Å²) in [6.07, 6.45) is 3.32. The molecule has 0 saturated carbocycles. The van der Waals surface area contributed by atoms with Crippen LogP contribution in [0.5, 0.6) is 0 Å². The molecule has 2 aromatic heterocycles. The van der Waals surface area contributed by atoms with Crippen LogP contribution in [0.3, 0.4) is 0 Å². The first-order valence-corrected chi connectivity index (χ1v) is 9.76. The Labute approximate surface area is 168 Å². The summed E-state index contributed by atoms with van der Waals surface area (Å²) >= 11 is 0. The minimum Gasteiger partial charge on any atom is -0.459 e. The van der Waals surface area contributed by atoms with E-state index < -0.39 is 0 Å². The number of hydrogen-bond acceptors (Lipinski definition) is 5. The smallest absolute Gasteiger partial charge is 0.286 e. The molecular formula is C22H23N3O4. The average Bonchev–Trinajstić information content (AvgIpc) is 3.42. The molecule has 0 bridgehead atoms. The molecule has 7 nitrogen and oxygen atoms in total. The molecule has 1 aromatic carbocycles. The van der Waals surface area contributed by atoms with E-state index in [1.165, 1.54) is 6.26 Å². The van der Waals surface area contributed by atoms with Gasteiger partial charge in [-0.1, -0.05) is 35.5 Å². The first-order valence-electron chi connectivity index (χ1n) is 9.76. The molecule has 0 radical (unpaired) electrons. The largest absolute Gasteiger partial charge is 0.459 e. The summed E-state index contributed by atoms with van der Waals surface area (Å²) in [7, 11) is 0. The van der Waals surface area contributed by atoms with Gasteiger partial charge in [-0.25, -0.2) is 0 Å². The van der Waals surface area contributed by atoms with Crippen LogP contribution in [0.15, 0.2) is 57.7 Å². The number of rotatable bonds is 5. The number of likely N-dealkylation sites (tertiary alicyclic amines) is 1. The van der Waals surface area contributed by atoms with E-state index in [1.54, 1.807) is 19.1 Å². The highest BCUT2D eigenvalue weighted by Crippen LogP contribution is 2.28. The van der Waals surface area contributed by atoms with Gasteiger partial charge in [-0.2, -0.15) is 0 Å². The first-order chi connectivity index (χ1) is 14.1. The van der Waals surface area contributed by atoms with Crippen molar-refractivity contribution in [1.29, 1.82) is 0 Å². The summed E-state index contributed by atoms with van der Waals surface area (Å²) in [6.45, 7) is 3.52. The van der Waals surface area contributed by atoms with Crippen molar-refractivity contribution in [1.82, 2.24) is 15.4 Å². The number of nitrogens with one attached hydrogen (secondary N) is 1. The first kappa shape index (κ1) is 19.0. The van der Waals surface area contributed by atoms with Gasteiger partial charge in [-0.15, -0.1) is 0 Å². The predicted molar refractivity (Wildman–Crippen MR) is 106 cm³/mol. The molecule has 1 unspecified atom stereocenters. The topological polar surface area (TPSA) is 88.6 Å². The molecule has 3 heterocycles. The summed E-state index contributed by atoms with van der Waals surface area (Å²) in [5, 5.41) is 7.02. The minimum atomic E-state index is -0.236. The van der Waals surface area contributed by atoms with Crippen LogP contribution in [-0.2, 0) is 0 Å². The summed E-state index contributed by atoms with van der Waals surface area (Å²) < 4.78 is 10.5. The summed E-state index contributed by atoms with van der Waals surface area (Å²) in [5.41, 5.74) is 1.93. The SMILES string of the molecule is Cc1onc(-c2ccccc2)c1C(=O)N1CCCC(CNC(=O)c2ccco2)C1. The molecule has 150 valence electrons. The Bertz CT molecular complexity index is 979. The Balaban J connectivity index is 1.44.